The Morgan fingerprint density at radius 1 is 1.33 bits per heavy atom. The molecule has 1 rings (SSSR count). The third-order valence-electron chi connectivity index (χ3n) is 1.18. The van der Waals surface area contributed by atoms with Gasteiger partial charge < -0.3 is 0 Å². The quantitative estimate of drug-likeness (QED) is 0.494. The molecule has 0 aromatic carbocycles. The molecule has 66 valence electrons. The van der Waals surface area contributed by atoms with Gasteiger partial charge in [-0.3, -0.25) is 0 Å². The molecule has 0 atom stereocenters. The Labute approximate surface area is 71.3 Å². The minimum absolute atomic E-state index is 0.0488. The maximum absolute atomic E-state index is 12.0. The number of nitrogen functional groups attached to an aromatic ring is 1. The van der Waals surface area contributed by atoms with Crippen molar-refractivity contribution in [2.45, 2.75) is 6.18 Å². The number of halogens is 4. The van der Waals surface area contributed by atoms with E-state index in [1.165, 1.54) is 6.20 Å². The van der Waals surface area contributed by atoms with Crippen molar-refractivity contribution in [3.8, 4) is 0 Å². The highest BCUT2D eigenvalue weighted by atomic mass is 35.5. The molecule has 0 saturated heterocycles. The highest BCUT2D eigenvalue weighted by Crippen LogP contribution is 2.29. The predicted octanol–water partition coefficient (Wildman–Crippen LogP) is 1.36. The molecule has 12 heavy (non-hydrogen) atoms. The lowest BCUT2D eigenvalue weighted by molar-refractivity contribution is -0.639. The van der Waals surface area contributed by atoms with Crippen molar-refractivity contribution >= 4 is 11.6 Å². The van der Waals surface area contributed by atoms with Crippen LogP contribution in [0.15, 0.2) is 18.5 Å². The zero-order chi connectivity index (χ0) is 9.35. The van der Waals surface area contributed by atoms with E-state index < -0.39 is 11.7 Å². The van der Waals surface area contributed by atoms with E-state index in [4.69, 9.17) is 17.4 Å². The molecule has 1 aromatic heterocycles. The minimum atomic E-state index is -4.41. The van der Waals surface area contributed by atoms with E-state index in [2.05, 4.69) is 0 Å². The van der Waals surface area contributed by atoms with Crippen LogP contribution in [-0.2, 0) is 6.18 Å². The van der Waals surface area contributed by atoms with Gasteiger partial charge in [0.15, 0.2) is 0 Å². The molecule has 0 aliphatic rings. The van der Waals surface area contributed by atoms with Crippen LogP contribution in [0.3, 0.4) is 0 Å². The summed E-state index contributed by atoms with van der Waals surface area (Å²) < 4.78 is 36.8. The van der Waals surface area contributed by atoms with Crippen LogP contribution in [0.2, 0.25) is 5.02 Å². The highest BCUT2D eigenvalue weighted by Gasteiger charge is 2.33. The van der Waals surface area contributed by atoms with E-state index in [1.54, 1.807) is 0 Å². The molecule has 0 aliphatic carbocycles. The number of rotatable bonds is 0. The van der Waals surface area contributed by atoms with E-state index in [-0.39, 0.29) is 5.02 Å². The van der Waals surface area contributed by atoms with Gasteiger partial charge in [-0.05, 0) is 6.07 Å². The molecular formula is C6H5ClF3N2+. The average Bonchev–Trinajstić information content (AvgIpc) is 1.82. The highest BCUT2D eigenvalue weighted by molar-refractivity contribution is 6.30. The summed E-state index contributed by atoms with van der Waals surface area (Å²) in [5, 5.41) is -0.0488. The van der Waals surface area contributed by atoms with Crippen molar-refractivity contribution in [3.05, 3.63) is 29.0 Å². The van der Waals surface area contributed by atoms with Crippen molar-refractivity contribution in [1.82, 2.24) is 0 Å². The Balaban J connectivity index is 3.18. The molecule has 0 radical (unpaired) electrons. The zero-order valence-corrected chi connectivity index (χ0v) is 6.52. The summed E-state index contributed by atoms with van der Waals surface area (Å²) in [4.78, 5) is 0. The van der Waals surface area contributed by atoms with Crippen LogP contribution in [-0.4, -0.2) is 0 Å². The first kappa shape index (κ1) is 9.12. The van der Waals surface area contributed by atoms with Crippen LogP contribution < -0.4 is 10.5 Å². The third kappa shape index (κ3) is 2.01. The van der Waals surface area contributed by atoms with Crippen LogP contribution in [0.25, 0.3) is 0 Å². The molecule has 1 aromatic rings. The van der Waals surface area contributed by atoms with E-state index >= 15 is 0 Å². The fraction of sp³-hybridized carbons (Fsp3) is 0.167. The number of hydrogen-bond donors (Lipinski definition) is 1. The molecule has 0 unspecified atom stereocenters. The SMILES string of the molecule is N[n+]1cc(Cl)cc(C(F)(F)F)c1. The largest absolute Gasteiger partial charge is 0.422 e. The number of aromatic nitrogens is 1. The number of pyridine rings is 1. The number of nitrogens with zero attached hydrogens (tertiary/aromatic N) is 1. The summed E-state index contributed by atoms with van der Waals surface area (Å²) in [7, 11) is 0. The second-order valence-electron chi connectivity index (χ2n) is 2.19. The van der Waals surface area contributed by atoms with Crippen LogP contribution in [0.5, 0.6) is 0 Å². The normalized spacial score (nSPS) is 11.7. The van der Waals surface area contributed by atoms with Gasteiger partial charge in [-0.15, -0.1) is 0 Å². The molecule has 2 N–H and O–H groups in total. The van der Waals surface area contributed by atoms with Crippen LogP contribution in [0.4, 0.5) is 13.2 Å². The average molecular weight is 198 g/mol. The minimum Gasteiger partial charge on any atom is -0.205 e. The number of nitrogens with two attached hydrogens (primary N) is 1. The van der Waals surface area contributed by atoms with Gasteiger partial charge in [0.2, 0.25) is 12.4 Å². The lowest BCUT2D eigenvalue weighted by Crippen LogP contribution is -2.44. The van der Waals surface area contributed by atoms with Gasteiger partial charge in [0.25, 0.3) is 0 Å². The zero-order valence-electron chi connectivity index (χ0n) is 5.77. The summed E-state index contributed by atoms with van der Waals surface area (Å²) in [5.41, 5.74) is -0.863. The maximum Gasteiger partial charge on any atom is 0.422 e. The van der Waals surface area contributed by atoms with Crippen LogP contribution >= 0.6 is 11.6 Å². The van der Waals surface area contributed by atoms with Gasteiger partial charge >= 0.3 is 6.18 Å². The molecular weight excluding hydrogens is 193 g/mol. The summed E-state index contributed by atoms with van der Waals surface area (Å²) in [5.74, 6) is 5.09. The van der Waals surface area contributed by atoms with Crippen molar-refractivity contribution in [2.75, 3.05) is 5.84 Å². The number of alkyl halides is 3. The van der Waals surface area contributed by atoms with Gasteiger partial charge in [-0.25, -0.2) is 5.84 Å². The van der Waals surface area contributed by atoms with E-state index in [0.717, 1.165) is 16.9 Å². The first-order valence-electron chi connectivity index (χ1n) is 2.94. The molecule has 1 heterocycles. The van der Waals surface area contributed by atoms with Gasteiger partial charge in [-0.1, -0.05) is 16.3 Å². The van der Waals surface area contributed by atoms with Crippen molar-refractivity contribution in [3.63, 3.8) is 0 Å². The Morgan fingerprint density at radius 3 is 2.33 bits per heavy atom. The first-order chi connectivity index (χ1) is 5.39. The Hall–Kier alpha value is -0.970. The molecule has 0 aliphatic heterocycles. The Bertz CT molecular complexity index is 277. The summed E-state index contributed by atoms with van der Waals surface area (Å²) >= 11 is 5.36. The Morgan fingerprint density at radius 2 is 1.92 bits per heavy atom. The number of hydrogen-bond acceptors (Lipinski definition) is 1. The second-order valence-corrected chi connectivity index (χ2v) is 2.62. The maximum atomic E-state index is 12.0. The van der Waals surface area contributed by atoms with Crippen molar-refractivity contribution < 1.29 is 17.8 Å². The van der Waals surface area contributed by atoms with Gasteiger partial charge in [0, 0.05) is 0 Å². The second kappa shape index (κ2) is 2.82. The van der Waals surface area contributed by atoms with Crippen LogP contribution in [0, 0.1) is 0 Å². The first-order valence-corrected chi connectivity index (χ1v) is 3.31. The fourth-order valence-electron chi connectivity index (χ4n) is 0.718. The standard InChI is InChI=1S/C6H5ClF3N2/c7-5-1-4(6(8,9)10)2-12(11)3-5/h1-3H,11H2/q+1. The van der Waals surface area contributed by atoms with E-state index in [9.17, 15) is 13.2 Å². The lowest BCUT2D eigenvalue weighted by atomic mass is 10.3. The molecule has 0 bridgehead atoms. The molecule has 0 saturated carbocycles. The summed E-state index contributed by atoms with van der Waals surface area (Å²) in [6.45, 7) is 0. The Kier molecular flexibility index (Phi) is 2.14. The van der Waals surface area contributed by atoms with E-state index in [0.29, 0.717) is 0 Å². The molecule has 0 spiro atoms. The molecule has 2 nitrogen and oxygen atoms in total. The molecule has 6 heteroatoms. The van der Waals surface area contributed by atoms with Gasteiger partial charge in [0.05, 0.1) is 0 Å². The van der Waals surface area contributed by atoms with E-state index in [1.807, 2.05) is 0 Å². The summed E-state index contributed by atoms with van der Waals surface area (Å²) in [6.07, 6.45) is -2.48. The van der Waals surface area contributed by atoms with Gasteiger partial charge in [-0.2, -0.15) is 13.2 Å². The topological polar surface area (TPSA) is 29.9 Å². The third-order valence-corrected chi connectivity index (χ3v) is 1.39. The summed E-state index contributed by atoms with van der Waals surface area (Å²) in [6, 6.07) is 0.810. The lowest BCUT2D eigenvalue weighted by Gasteiger charge is -2.03. The van der Waals surface area contributed by atoms with Crippen molar-refractivity contribution in [2.24, 2.45) is 0 Å². The predicted molar refractivity (Wildman–Crippen MR) is 36.8 cm³/mol. The fourth-order valence-corrected chi connectivity index (χ4v) is 0.949. The smallest absolute Gasteiger partial charge is 0.205 e. The van der Waals surface area contributed by atoms with Crippen molar-refractivity contribution in [1.29, 1.82) is 0 Å². The van der Waals surface area contributed by atoms with Crippen LogP contribution in [0.1, 0.15) is 5.56 Å². The van der Waals surface area contributed by atoms with Gasteiger partial charge in [0.1, 0.15) is 10.6 Å². The monoisotopic (exact) mass is 197 g/mol. The molecule has 0 fully saturated rings. The molecule has 0 amide bonds.